The van der Waals surface area contributed by atoms with Gasteiger partial charge in [-0.05, 0) is 12.5 Å². The van der Waals surface area contributed by atoms with Crippen LogP contribution in [0.25, 0.3) is 0 Å². The molecule has 1 aromatic carbocycles. The largest absolute Gasteiger partial charge is 0.392 e. The Kier molecular flexibility index (Phi) is 4.76. The monoisotopic (exact) mass is 284 g/mol. The van der Waals surface area contributed by atoms with Crippen LogP contribution in [-0.2, 0) is 4.79 Å². The summed E-state index contributed by atoms with van der Waals surface area (Å²) in [5, 5.41) is 25.3. The summed E-state index contributed by atoms with van der Waals surface area (Å²) in [6.45, 7) is 0.516. The van der Waals surface area contributed by atoms with Crippen LogP contribution < -0.4 is 10.6 Å². The first-order valence-electron chi connectivity index (χ1n) is 6.19. The lowest BCUT2D eigenvalue weighted by atomic mass is 10.1. The zero-order valence-electron chi connectivity index (χ0n) is 10.3. The molecular weight excluding hydrogens is 268 g/mol. The summed E-state index contributed by atoms with van der Waals surface area (Å²) in [7, 11) is 0. The normalized spacial score (nSPS) is 24.2. The second-order valence-electron chi connectivity index (χ2n) is 4.63. The number of carbonyl (C=O) groups excluding carboxylic acids is 1. The molecule has 2 rings (SSSR count). The molecule has 5 nitrogen and oxygen atoms in total. The van der Waals surface area contributed by atoms with Crippen molar-refractivity contribution in [1.29, 1.82) is 0 Å². The number of nitrogens with one attached hydrogen (secondary N) is 2. The van der Waals surface area contributed by atoms with Crippen LogP contribution in [0.2, 0.25) is 5.02 Å². The van der Waals surface area contributed by atoms with Crippen LogP contribution in [0.1, 0.15) is 18.1 Å². The van der Waals surface area contributed by atoms with Crippen LogP contribution in [0.4, 0.5) is 0 Å². The molecular formula is C13H17ClN2O3. The molecule has 0 saturated carbocycles. The number of hydrogen-bond acceptors (Lipinski definition) is 4. The molecule has 0 unspecified atom stereocenters. The molecule has 0 spiro atoms. The maximum absolute atomic E-state index is 11.8. The minimum Gasteiger partial charge on any atom is -0.392 e. The van der Waals surface area contributed by atoms with Gasteiger partial charge in [-0.25, -0.2) is 0 Å². The van der Waals surface area contributed by atoms with E-state index in [0.717, 1.165) is 0 Å². The third-order valence-electron chi connectivity index (χ3n) is 3.16. The van der Waals surface area contributed by atoms with Crippen molar-refractivity contribution in [3.05, 3.63) is 34.9 Å². The Labute approximate surface area is 116 Å². The molecule has 1 aromatic rings. The molecule has 1 aliphatic heterocycles. The van der Waals surface area contributed by atoms with Gasteiger partial charge in [-0.2, -0.15) is 0 Å². The van der Waals surface area contributed by atoms with Gasteiger partial charge in [-0.3, -0.25) is 4.79 Å². The first-order chi connectivity index (χ1) is 9.08. The van der Waals surface area contributed by atoms with Crippen LogP contribution in [-0.4, -0.2) is 41.4 Å². The molecule has 4 N–H and O–H groups in total. The van der Waals surface area contributed by atoms with Crippen LogP contribution in [0.5, 0.6) is 0 Å². The second kappa shape index (κ2) is 6.34. The van der Waals surface area contributed by atoms with E-state index in [4.69, 9.17) is 11.6 Å². The fourth-order valence-electron chi connectivity index (χ4n) is 2.09. The van der Waals surface area contributed by atoms with Gasteiger partial charge in [-0.15, -0.1) is 0 Å². The Morgan fingerprint density at radius 3 is 2.89 bits per heavy atom. The van der Waals surface area contributed by atoms with E-state index in [1.165, 1.54) is 0 Å². The Morgan fingerprint density at radius 1 is 1.53 bits per heavy atom. The van der Waals surface area contributed by atoms with E-state index >= 15 is 0 Å². The second-order valence-corrected chi connectivity index (χ2v) is 5.04. The van der Waals surface area contributed by atoms with Crippen LogP contribution in [0.15, 0.2) is 24.3 Å². The summed E-state index contributed by atoms with van der Waals surface area (Å²) in [6, 6.07) is 6.57. The van der Waals surface area contributed by atoms with E-state index in [1.54, 1.807) is 24.3 Å². The van der Waals surface area contributed by atoms with Gasteiger partial charge in [0.1, 0.15) is 0 Å². The number of carbonyl (C=O) groups is 1. The number of aliphatic hydroxyl groups is 2. The molecule has 1 heterocycles. The SMILES string of the molecule is O=C(NC[C@H](O)c1ccccc1Cl)[C@@H]1C[C@@H](O)CN1. The molecule has 0 aromatic heterocycles. The van der Waals surface area contributed by atoms with Crippen molar-refractivity contribution in [3.63, 3.8) is 0 Å². The number of β-amino-alcohol motifs (C(OH)–C–C–N with tert-alkyl or cyclic N) is 1. The highest BCUT2D eigenvalue weighted by atomic mass is 35.5. The highest BCUT2D eigenvalue weighted by Gasteiger charge is 2.28. The molecule has 1 saturated heterocycles. The molecule has 104 valence electrons. The van der Waals surface area contributed by atoms with E-state index in [9.17, 15) is 15.0 Å². The average Bonchev–Trinajstić information content (AvgIpc) is 2.83. The quantitative estimate of drug-likeness (QED) is 0.637. The molecule has 19 heavy (non-hydrogen) atoms. The van der Waals surface area contributed by atoms with Gasteiger partial charge in [0.25, 0.3) is 0 Å². The zero-order valence-corrected chi connectivity index (χ0v) is 11.1. The van der Waals surface area contributed by atoms with E-state index in [2.05, 4.69) is 10.6 Å². The molecule has 1 fully saturated rings. The van der Waals surface area contributed by atoms with Crippen molar-refractivity contribution in [3.8, 4) is 0 Å². The fourth-order valence-corrected chi connectivity index (χ4v) is 2.35. The van der Waals surface area contributed by atoms with Crippen molar-refractivity contribution in [2.75, 3.05) is 13.1 Å². The average molecular weight is 285 g/mol. The predicted molar refractivity (Wildman–Crippen MR) is 71.8 cm³/mol. The highest BCUT2D eigenvalue weighted by molar-refractivity contribution is 6.31. The van der Waals surface area contributed by atoms with Crippen molar-refractivity contribution < 1.29 is 15.0 Å². The molecule has 0 radical (unpaired) electrons. The summed E-state index contributed by atoms with van der Waals surface area (Å²) in [4.78, 5) is 11.8. The van der Waals surface area contributed by atoms with Gasteiger partial charge < -0.3 is 20.8 Å². The van der Waals surface area contributed by atoms with Gasteiger partial charge in [0, 0.05) is 23.7 Å². The Balaban J connectivity index is 1.85. The first-order valence-corrected chi connectivity index (χ1v) is 6.57. The van der Waals surface area contributed by atoms with Crippen molar-refractivity contribution in [2.45, 2.75) is 24.7 Å². The van der Waals surface area contributed by atoms with Crippen LogP contribution >= 0.6 is 11.6 Å². The van der Waals surface area contributed by atoms with Crippen LogP contribution in [0, 0.1) is 0 Å². The van der Waals surface area contributed by atoms with E-state index < -0.39 is 18.2 Å². The molecule has 1 aliphatic rings. The minimum absolute atomic E-state index is 0.0941. The fraction of sp³-hybridized carbons (Fsp3) is 0.462. The Bertz CT molecular complexity index is 455. The third-order valence-corrected chi connectivity index (χ3v) is 3.50. The minimum atomic E-state index is -0.844. The summed E-state index contributed by atoms with van der Waals surface area (Å²) in [5.41, 5.74) is 0.587. The topological polar surface area (TPSA) is 81.6 Å². The van der Waals surface area contributed by atoms with Gasteiger partial charge in [0.2, 0.25) is 5.91 Å². The predicted octanol–water partition coefficient (Wildman–Crippen LogP) is 0.212. The molecule has 1 amide bonds. The van der Waals surface area contributed by atoms with Gasteiger partial charge in [0.05, 0.1) is 18.2 Å². The summed E-state index contributed by atoms with van der Waals surface area (Å²) < 4.78 is 0. The molecule has 0 aliphatic carbocycles. The molecule has 6 heteroatoms. The van der Waals surface area contributed by atoms with E-state index in [1.807, 2.05) is 0 Å². The number of hydrogen-bond donors (Lipinski definition) is 4. The van der Waals surface area contributed by atoms with Crippen molar-refractivity contribution in [2.24, 2.45) is 0 Å². The number of amides is 1. The number of halogens is 1. The number of benzene rings is 1. The van der Waals surface area contributed by atoms with Gasteiger partial charge >= 0.3 is 0 Å². The van der Waals surface area contributed by atoms with Gasteiger partial charge in [0.15, 0.2) is 0 Å². The smallest absolute Gasteiger partial charge is 0.237 e. The summed E-state index contributed by atoms with van der Waals surface area (Å²) >= 11 is 5.96. The van der Waals surface area contributed by atoms with Crippen molar-refractivity contribution in [1.82, 2.24) is 10.6 Å². The number of aliphatic hydroxyl groups excluding tert-OH is 2. The maximum atomic E-state index is 11.8. The number of rotatable bonds is 4. The standard InChI is InChI=1S/C13H17ClN2O3/c14-10-4-2-1-3-9(10)12(18)7-16-13(19)11-5-8(17)6-15-11/h1-4,8,11-12,15,17-18H,5-7H2,(H,16,19)/t8-,11+,12+/m1/s1. The summed E-state index contributed by atoms with van der Waals surface area (Å²) in [6.07, 6.45) is -0.929. The van der Waals surface area contributed by atoms with Crippen molar-refractivity contribution >= 4 is 17.5 Å². The lowest BCUT2D eigenvalue weighted by Gasteiger charge is -2.16. The maximum Gasteiger partial charge on any atom is 0.237 e. The zero-order chi connectivity index (χ0) is 13.8. The highest BCUT2D eigenvalue weighted by Crippen LogP contribution is 2.21. The molecule has 3 atom stereocenters. The Hall–Kier alpha value is -1.14. The van der Waals surface area contributed by atoms with Gasteiger partial charge in [-0.1, -0.05) is 29.8 Å². The van der Waals surface area contributed by atoms with E-state index in [0.29, 0.717) is 23.6 Å². The lowest BCUT2D eigenvalue weighted by Crippen LogP contribution is -2.41. The Morgan fingerprint density at radius 2 is 2.26 bits per heavy atom. The molecule has 0 bridgehead atoms. The summed E-state index contributed by atoms with van der Waals surface area (Å²) in [5.74, 6) is -0.220. The lowest BCUT2D eigenvalue weighted by molar-refractivity contribution is -0.123. The van der Waals surface area contributed by atoms with Crippen LogP contribution in [0.3, 0.4) is 0 Å². The third kappa shape index (κ3) is 3.67. The van der Waals surface area contributed by atoms with E-state index in [-0.39, 0.29) is 12.5 Å². The first kappa shape index (κ1) is 14.3.